The Hall–Kier alpha value is -2.96. The maximum Gasteiger partial charge on any atom is 0.328 e. The van der Waals surface area contributed by atoms with Crippen LogP contribution in [0.5, 0.6) is 0 Å². The van der Waals surface area contributed by atoms with Gasteiger partial charge in [-0.05, 0) is 12.1 Å². The summed E-state index contributed by atoms with van der Waals surface area (Å²) >= 11 is 0. The van der Waals surface area contributed by atoms with Crippen molar-refractivity contribution in [2.45, 2.75) is 6.54 Å². The van der Waals surface area contributed by atoms with Crippen LogP contribution in [0.3, 0.4) is 0 Å². The quantitative estimate of drug-likeness (QED) is 0.711. The zero-order chi connectivity index (χ0) is 14.1. The van der Waals surface area contributed by atoms with Crippen molar-refractivity contribution < 1.29 is 4.79 Å². The minimum atomic E-state index is -0.584. The number of carbonyl (C=O) groups excluding carboxylic acids is 1. The van der Waals surface area contributed by atoms with Gasteiger partial charge in [0.05, 0.1) is 5.52 Å². The third kappa shape index (κ3) is 2.05. The molecule has 3 heterocycles. The second-order valence-corrected chi connectivity index (χ2v) is 4.32. The topological polar surface area (TPSA) is 107 Å². The van der Waals surface area contributed by atoms with Crippen LogP contribution in [0.2, 0.25) is 0 Å². The molecule has 0 radical (unpaired) electrons. The Morgan fingerprint density at radius 1 is 1.35 bits per heavy atom. The number of H-pyrrole nitrogens is 1. The van der Waals surface area contributed by atoms with Gasteiger partial charge in [-0.25, -0.2) is 9.78 Å². The number of rotatable bonds is 3. The maximum atomic E-state index is 11.8. The van der Waals surface area contributed by atoms with Gasteiger partial charge in [0, 0.05) is 29.7 Å². The van der Waals surface area contributed by atoms with E-state index in [1.54, 1.807) is 24.7 Å². The zero-order valence-corrected chi connectivity index (χ0v) is 10.4. The highest BCUT2D eigenvalue weighted by Gasteiger charge is 2.11. The molecule has 0 atom stereocenters. The van der Waals surface area contributed by atoms with Crippen molar-refractivity contribution in [1.29, 1.82) is 0 Å². The Bertz CT molecular complexity index is 835. The highest BCUT2D eigenvalue weighted by atomic mass is 16.2. The number of nitrogens with zero attached hydrogens (tertiary/aromatic N) is 3. The molecule has 0 saturated carbocycles. The summed E-state index contributed by atoms with van der Waals surface area (Å²) in [5.74, 6) is -0.584. The summed E-state index contributed by atoms with van der Waals surface area (Å²) in [4.78, 5) is 33.6. The van der Waals surface area contributed by atoms with Gasteiger partial charge in [-0.15, -0.1) is 0 Å². The number of carbonyl (C=O) groups is 1. The van der Waals surface area contributed by atoms with Crippen LogP contribution in [0.25, 0.3) is 22.3 Å². The van der Waals surface area contributed by atoms with Gasteiger partial charge in [0.15, 0.2) is 5.65 Å². The number of nitrogens with two attached hydrogens (primary N) is 1. The van der Waals surface area contributed by atoms with Gasteiger partial charge in [-0.2, -0.15) is 0 Å². The van der Waals surface area contributed by atoms with Crippen molar-refractivity contribution in [1.82, 2.24) is 19.5 Å². The summed E-state index contributed by atoms with van der Waals surface area (Å²) in [5, 5.41) is 0. The van der Waals surface area contributed by atoms with Crippen LogP contribution in [-0.2, 0) is 11.3 Å². The average Bonchev–Trinajstić information content (AvgIpc) is 2.75. The molecule has 0 unspecified atom stereocenters. The molecule has 3 aromatic rings. The molecule has 0 bridgehead atoms. The van der Waals surface area contributed by atoms with E-state index in [1.165, 1.54) is 4.57 Å². The van der Waals surface area contributed by atoms with Gasteiger partial charge in [-0.3, -0.25) is 19.3 Å². The van der Waals surface area contributed by atoms with E-state index in [0.717, 1.165) is 11.1 Å². The molecule has 1 amide bonds. The Morgan fingerprint density at radius 3 is 2.90 bits per heavy atom. The van der Waals surface area contributed by atoms with E-state index >= 15 is 0 Å². The number of pyridine rings is 2. The molecular formula is C13H11N5O2. The molecule has 0 spiro atoms. The summed E-state index contributed by atoms with van der Waals surface area (Å²) in [6.07, 6.45) is 5.02. The Morgan fingerprint density at radius 2 is 2.20 bits per heavy atom. The first-order valence-electron chi connectivity index (χ1n) is 5.92. The number of aromatic nitrogens is 4. The Balaban J connectivity index is 2.19. The van der Waals surface area contributed by atoms with E-state index in [-0.39, 0.29) is 6.54 Å². The minimum Gasteiger partial charge on any atom is -0.368 e. The highest BCUT2D eigenvalue weighted by molar-refractivity contribution is 5.80. The van der Waals surface area contributed by atoms with Crippen molar-refractivity contribution in [3.63, 3.8) is 0 Å². The normalized spacial score (nSPS) is 10.8. The zero-order valence-electron chi connectivity index (χ0n) is 10.4. The smallest absolute Gasteiger partial charge is 0.328 e. The van der Waals surface area contributed by atoms with E-state index in [9.17, 15) is 9.59 Å². The monoisotopic (exact) mass is 269 g/mol. The number of imidazole rings is 1. The fraction of sp³-hybridized carbons (Fsp3) is 0.0769. The number of primary amides is 1. The Kier molecular flexibility index (Phi) is 2.79. The lowest BCUT2D eigenvalue weighted by Crippen LogP contribution is -2.26. The SMILES string of the molecule is NC(=O)Cn1c(=O)[nH]c2ncc(-c3cccnc3)cc21. The summed E-state index contributed by atoms with van der Waals surface area (Å²) in [7, 11) is 0. The molecule has 3 aromatic heterocycles. The van der Waals surface area contributed by atoms with Gasteiger partial charge >= 0.3 is 5.69 Å². The summed E-state index contributed by atoms with van der Waals surface area (Å²) in [6.45, 7) is -0.184. The molecule has 7 heteroatoms. The third-order valence-electron chi connectivity index (χ3n) is 2.94. The van der Waals surface area contributed by atoms with Crippen LogP contribution in [0.15, 0.2) is 41.6 Å². The van der Waals surface area contributed by atoms with E-state index in [4.69, 9.17) is 5.73 Å². The largest absolute Gasteiger partial charge is 0.368 e. The molecule has 7 nitrogen and oxygen atoms in total. The minimum absolute atomic E-state index is 0.184. The first-order chi connectivity index (χ1) is 9.65. The first kappa shape index (κ1) is 12.1. The number of fused-ring (bicyclic) bond motifs is 1. The lowest BCUT2D eigenvalue weighted by atomic mass is 10.1. The van der Waals surface area contributed by atoms with Gasteiger partial charge in [-0.1, -0.05) is 6.07 Å². The highest BCUT2D eigenvalue weighted by Crippen LogP contribution is 2.20. The average molecular weight is 269 g/mol. The molecular weight excluding hydrogens is 258 g/mol. The van der Waals surface area contributed by atoms with Crippen LogP contribution in [0.1, 0.15) is 0 Å². The second-order valence-electron chi connectivity index (χ2n) is 4.32. The molecule has 0 aliphatic rings. The summed E-state index contributed by atoms with van der Waals surface area (Å²) in [6, 6.07) is 5.48. The van der Waals surface area contributed by atoms with Crippen LogP contribution in [-0.4, -0.2) is 25.4 Å². The predicted molar refractivity (Wildman–Crippen MR) is 72.8 cm³/mol. The number of amides is 1. The number of hydrogen-bond donors (Lipinski definition) is 2. The molecule has 3 N–H and O–H groups in total. The molecule has 0 saturated heterocycles. The maximum absolute atomic E-state index is 11.8. The molecule has 0 fully saturated rings. The van der Waals surface area contributed by atoms with Gasteiger partial charge in [0.1, 0.15) is 6.54 Å². The first-order valence-corrected chi connectivity index (χ1v) is 5.92. The number of nitrogens with one attached hydrogen (secondary N) is 1. The van der Waals surface area contributed by atoms with E-state index in [1.807, 2.05) is 12.1 Å². The molecule has 100 valence electrons. The van der Waals surface area contributed by atoms with Crippen molar-refractivity contribution in [2.24, 2.45) is 5.73 Å². The van der Waals surface area contributed by atoms with Crippen LogP contribution >= 0.6 is 0 Å². The van der Waals surface area contributed by atoms with Crippen molar-refractivity contribution >= 4 is 17.1 Å². The van der Waals surface area contributed by atoms with Crippen molar-refractivity contribution in [3.05, 3.63) is 47.3 Å². The summed E-state index contributed by atoms with van der Waals surface area (Å²) in [5.41, 5.74) is 7.38. The standard InChI is InChI=1S/C13H11N5O2/c14-11(19)7-18-10-4-9(8-2-1-3-15-5-8)6-16-12(10)17-13(18)20/h1-6H,7H2,(H2,14,19)(H,16,17,20). The Labute approximate surface area is 113 Å². The van der Waals surface area contributed by atoms with Crippen LogP contribution < -0.4 is 11.4 Å². The van der Waals surface area contributed by atoms with E-state index < -0.39 is 11.6 Å². The lowest BCUT2D eigenvalue weighted by Gasteiger charge is -2.02. The van der Waals surface area contributed by atoms with E-state index in [0.29, 0.717) is 11.2 Å². The molecule has 0 aromatic carbocycles. The van der Waals surface area contributed by atoms with Crippen molar-refractivity contribution in [3.8, 4) is 11.1 Å². The van der Waals surface area contributed by atoms with Gasteiger partial charge < -0.3 is 5.73 Å². The summed E-state index contributed by atoms with van der Waals surface area (Å²) < 4.78 is 1.27. The second kappa shape index (κ2) is 4.61. The van der Waals surface area contributed by atoms with Gasteiger partial charge in [0.2, 0.25) is 5.91 Å². The fourth-order valence-corrected chi connectivity index (χ4v) is 2.04. The van der Waals surface area contributed by atoms with Crippen LogP contribution in [0.4, 0.5) is 0 Å². The molecule has 0 aliphatic heterocycles. The number of hydrogen-bond acceptors (Lipinski definition) is 4. The third-order valence-corrected chi connectivity index (χ3v) is 2.94. The molecule has 0 aliphatic carbocycles. The molecule has 20 heavy (non-hydrogen) atoms. The molecule has 3 rings (SSSR count). The number of aromatic amines is 1. The predicted octanol–water partition coefficient (Wildman–Crippen LogP) is 0.272. The van der Waals surface area contributed by atoms with Crippen LogP contribution in [0, 0.1) is 0 Å². The van der Waals surface area contributed by atoms with Gasteiger partial charge in [0.25, 0.3) is 0 Å². The van der Waals surface area contributed by atoms with E-state index in [2.05, 4.69) is 15.0 Å². The lowest BCUT2D eigenvalue weighted by molar-refractivity contribution is -0.118. The fourth-order valence-electron chi connectivity index (χ4n) is 2.04. The van der Waals surface area contributed by atoms with Crippen molar-refractivity contribution in [2.75, 3.05) is 0 Å².